The third-order valence-electron chi connectivity index (χ3n) is 4.00. The van der Waals surface area contributed by atoms with Crippen molar-refractivity contribution >= 4 is 15.7 Å². The molecule has 4 nitrogen and oxygen atoms in total. The van der Waals surface area contributed by atoms with E-state index in [2.05, 4.69) is 0 Å². The predicted octanol–water partition coefficient (Wildman–Crippen LogP) is 2.57. The maximum Gasteiger partial charge on any atom is 0.243 e. The molecule has 1 fully saturated rings. The second-order valence-corrected chi connectivity index (χ2v) is 7.24. The van der Waals surface area contributed by atoms with Gasteiger partial charge in [0, 0.05) is 18.8 Å². The summed E-state index contributed by atoms with van der Waals surface area (Å²) < 4.78 is 27.3. The van der Waals surface area contributed by atoms with Crippen LogP contribution in [-0.2, 0) is 22.9 Å². The zero-order valence-electron chi connectivity index (χ0n) is 12.4. The quantitative estimate of drug-likeness (QED) is 0.869. The second-order valence-electron chi connectivity index (χ2n) is 5.33. The van der Waals surface area contributed by atoms with Crippen LogP contribution in [0.5, 0.6) is 0 Å². The fraction of sp³-hybridized carbons (Fsp3) is 0.600. The van der Waals surface area contributed by atoms with E-state index in [1.54, 1.807) is 10.4 Å². The van der Waals surface area contributed by atoms with Gasteiger partial charge in [0.05, 0.1) is 4.90 Å². The van der Waals surface area contributed by atoms with Crippen molar-refractivity contribution < 1.29 is 8.42 Å². The Hall–Kier alpha value is -1.07. The van der Waals surface area contributed by atoms with Crippen LogP contribution in [0.15, 0.2) is 17.0 Å². The van der Waals surface area contributed by atoms with Gasteiger partial charge in [-0.15, -0.1) is 0 Å². The van der Waals surface area contributed by atoms with Crippen LogP contribution in [0.4, 0.5) is 5.69 Å². The van der Waals surface area contributed by atoms with E-state index in [-0.39, 0.29) is 0 Å². The molecule has 0 aromatic heterocycles. The smallest absolute Gasteiger partial charge is 0.243 e. The molecule has 1 aliphatic heterocycles. The molecule has 1 heterocycles. The Bertz CT molecular complexity index is 576. The number of hydrogen-bond donors (Lipinski definition) is 1. The largest absolute Gasteiger partial charge is 0.398 e. The molecule has 0 saturated carbocycles. The van der Waals surface area contributed by atoms with Crippen LogP contribution in [0, 0.1) is 0 Å². The van der Waals surface area contributed by atoms with Crippen molar-refractivity contribution in [3.8, 4) is 0 Å². The molecule has 0 bridgehead atoms. The SMILES string of the molecule is CCc1cc(N)c(CC)c(S(=O)(=O)N2CCCCC2)c1. The van der Waals surface area contributed by atoms with Gasteiger partial charge < -0.3 is 5.73 Å². The highest BCUT2D eigenvalue weighted by Gasteiger charge is 2.28. The molecule has 1 saturated heterocycles. The average molecular weight is 296 g/mol. The Kier molecular flexibility index (Phi) is 4.70. The number of hydrogen-bond acceptors (Lipinski definition) is 3. The van der Waals surface area contributed by atoms with Crippen molar-refractivity contribution in [2.45, 2.75) is 50.8 Å². The summed E-state index contributed by atoms with van der Waals surface area (Å²) in [6.07, 6.45) is 4.44. The third kappa shape index (κ3) is 2.83. The number of nitrogens with two attached hydrogens (primary N) is 1. The molecule has 0 aliphatic carbocycles. The zero-order valence-corrected chi connectivity index (χ0v) is 13.2. The summed E-state index contributed by atoms with van der Waals surface area (Å²) in [6.45, 7) is 5.22. The predicted molar refractivity (Wildman–Crippen MR) is 82.2 cm³/mol. The molecule has 1 aliphatic rings. The summed E-state index contributed by atoms with van der Waals surface area (Å²) in [5.41, 5.74) is 8.39. The van der Waals surface area contributed by atoms with Gasteiger partial charge in [-0.25, -0.2) is 8.42 Å². The number of nitrogens with zero attached hydrogens (tertiary/aromatic N) is 1. The lowest BCUT2D eigenvalue weighted by Crippen LogP contribution is -2.36. The molecule has 20 heavy (non-hydrogen) atoms. The number of anilines is 1. The molecule has 0 spiro atoms. The fourth-order valence-electron chi connectivity index (χ4n) is 2.78. The van der Waals surface area contributed by atoms with Crippen molar-refractivity contribution in [2.24, 2.45) is 0 Å². The summed E-state index contributed by atoms with van der Waals surface area (Å²) in [6, 6.07) is 3.70. The molecule has 0 atom stereocenters. The molecule has 5 heteroatoms. The monoisotopic (exact) mass is 296 g/mol. The zero-order chi connectivity index (χ0) is 14.8. The number of rotatable bonds is 4. The van der Waals surface area contributed by atoms with Crippen molar-refractivity contribution in [3.63, 3.8) is 0 Å². The molecule has 2 rings (SSSR count). The second kappa shape index (κ2) is 6.14. The maximum atomic E-state index is 12.9. The molecular formula is C15H24N2O2S. The molecular weight excluding hydrogens is 272 g/mol. The van der Waals surface area contributed by atoms with Gasteiger partial charge in [-0.1, -0.05) is 20.3 Å². The van der Waals surface area contributed by atoms with E-state index in [1.807, 2.05) is 19.9 Å². The van der Waals surface area contributed by atoms with Gasteiger partial charge in [0.25, 0.3) is 0 Å². The van der Waals surface area contributed by atoms with Crippen LogP contribution in [0.3, 0.4) is 0 Å². The first-order chi connectivity index (χ1) is 9.50. The Labute approximate surface area is 122 Å². The number of aryl methyl sites for hydroxylation is 1. The molecule has 1 aromatic rings. The lowest BCUT2D eigenvalue weighted by Gasteiger charge is -2.27. The summed E-state index contributed by atoms with van der Waals surface area (Å²) >= 11 is 0. The van der Waals surface area contributed by atoms with Gasteiger partial charge in [0.15, 0.2) is 0 Å². The minimum atomic E-state index is -3.41. The minimum Gasteiger partial charge on any atom is -0.398 e. The van der Waals surface area contributed by atoms with Gasteiger partial charge in [-0.2, -0.15) is 4.31 Å². The topological polar surface area (TPSA) is 63.4 Å². The average Bonchev–Trinajstić information content (AvgIpc) is 2.47. The molecule has 1 aromatic carbocycles. The van der Waals surface area contributed by atoms with Crippen LogP contribution in [0.2, 0.25) is 0 Å². The third-order valence-corrected chi connectivity index (χ3v) is 5.96. The van der Waals surface area contributed by atoms with Crippen LogP contribution < -0.4 is 5.73 Å². The van der Waals surface area contributed by atoms with E-state index in [0.717, 1.165) is 36.8 Å². The first-order valence-electron chi connectivity index (χ1n) is 7.42. The highest BCUT2D eigenvalue weighted by molar-refractivity contribution is 7.89. The van der Waals surface area contributed by atoms with E-state index in [0.29, 0.717) is 30.1 Å². The Morgan fingerprint density at radius 3 is 2.30 bits per heavy atom. The summed E-state index contributed by atoms with van der Waals surface area (Å²) in [5.74, 6) is 0. The van der Waals surface area contributed by atoms with E-state index >= 15 is 0 Å². The first kappa shape index (κ1) is 15.3. The van der Waals surface area contributed by atoms with E-state index in [4.69, 9.17) is 5.73 Å². The summed E-state index contributed by atoms with van der Waals surface area (Å²) in [5, 5.41) is 0. The lowest BCUT2D eigenvalue weighted by atomic mass is 10.1. The lowest BCUT2D eigenvalue weighted by molar-refractivity contribution is 0.346. The van der Waals surface area contributed by atoms with Gasteiger partial charge in [-0.3, -0.25) is 0 Å². The maximum absolute atomic E-state index is 12.9. The van der Waals surface area contributed by atoms with Crippen LogP contribution in [-0.4, -0.2) is 25.8 Å². The standard InChI is InChI=1S/C15H24N2O2S/c1-3-12-10-14(16)13(4-2)15(11-12)20(18,19)17-8-6-5-7-9-17/h10-11H,3-9,16H2,1-2H3. The van der Waals surface area contributed by atoms with Crippen molar-refractivity contribution in [1.82, 2.24) is 4.31 Å². The Morgan fingerprint density at radius 1 is 1.10 bits per heavy atom. The van der Waals surface area contributed by atoms with Crippen LogP contribution in [0.25, 0.3) is 0 Å². The molecule has 0 unspecified atom stereocenters. The fourth-order valence-corrected chi connectivity index (χ4v) is 4.67. The Morgan fingerprint density at radius 2 is 1.75 bits per heavy atom. The van der Waals surface area contributed by atoms with E-state index < -0.39 is 10.0 Å². The molecule has 0 amide bonds. The number of benzene rings is 1. The van der Waals surface area contributed by atoms with Gasteiger partial charge in [0.2, 0.25) is 10.0 Å². The first-order valence-corrected chi connectivity index (χ1v) is 8.86. The summed E-state index contributed by atoms with van der Waals surface area (Å²) in [4.78, 5) is 0.416. The molecule has 0 radical (unpaired) electrons. The van der Waals surface area contributed by atoms with Gasteiger partial charge in [0.1, 0.15) is 0 Å². The minimum absolute atomic E-state index is 0.416. The normalized spacial score (nSPS) is 17.3. The highest BCUT2D eigenvalue weighted by Crippen LogP contribution is 2.29. The highest BCUT2D eigenvalue weighted by atomic mass is 32.2. The van der Waals surface area contributed by atoms with Crippen molar-refractivity contribution in [1.29, 1.82) is 0 Å². The van der Waals surface area contributed by atoms with E-state index in [9.17, 15) is 8.42 Å². The van der Waals surface area contributed by atoms with Gasteiger partial charge >= 0.3 is 0 Å². The van der Waals surface area contributed by atoms with Gasteiger partial charge in [-0.05, 0) is 48.9 Å². The number of piperidine rings is 1. The molecule has 112 valence electrons. The molecule has 2 N–H and O–H groups in total. The van der Waals surface area contributed by atoms with Crippen LogP contribution in [0.1, 0.15) is 44.2 Å². The van der Waals surface area contributed by atoms with Crippen LogP contribution >= 0.6 is 0 Å². The number of sulfonamides is 1. The number of nitrogen functional groups attached to an aromatic ring is 1. The summed E-state index contributed by atoms with van der Waals surface area (Å²) in [7, 11) is -3.41. The van der Waals surface area contributed by atoms with E-state index in [1.165, 1.54) is 0 Å². The Balaban J connectivity index is 2.51. The van der Waals surface area contributed by atoms with Crippen molar-refractivity contribution in [3.05, 3.63) is 23.3 Å². The van der Waals surface area contributed by atoms with Crippen molar-refractivity contribution in [2.75, 3.05) is 18.8 Å².